The highest BCUT2D eigenvalue weighted by Crippen LogP contribution is 2.19. The Labute approximate surface area is 76.2 Å². The molecule has 0 aliphatic carbocycles. The Morgan fingerprint density at radius 3 is 3.38 bits per heavy atom. The molecule has 2 rings (SSSR count). The molecule has 0 bridgehead atoms. The van der Waals surface area contributed by atoms with Gasteiger partial charge in [0, 0.05) is 18.3 Å². The minimum atomic E-state index is 0.589. The minimum absolute atomic E-state index is 0.589. The lowest BCUT2D eigenvalue weighted by atomic mass is 10.2. The van der Waals surface area contributed by atoms with E-state index in [0.29, 0.717) is 6.29 Å². The minimum Gasteiger partial charge on any atom is -0.370 e. The first-order valence-electron chi connectivity index (χ1n) is 4.08. The van der Waals surface area contributed by atoms with Gasteiger partial charge in [-0.15, -0.1) is 0 Å². The van der Waals surface area contributed by atoms with Gasteiger partial charge in [0.15, 0.2) is 6.29 Å². The Morgan fingerprint density at radius 2 is 2.54 bits per heavy atom. The molecule has 64 valence electrons. The molecule has 13 heavy (non-hydrogen) atoms. The second kappa shape index (κ2) is 3.28. The molecule has 2 heterocycles. The lowest BCUT2D eigenvalue weighted by molar-refractivity contribution is -0.103. The zero-order valence-electron chi connectivity index (χ0n) is 7.00. The highest BCUT2D eigenvalue weighted by atomic mass is 16.1. The van der Waals surface area contributed by atoms with E-state index in [4.69, 9.17) is 0 Å². The molecule has 1 aliphatic rings. The zero-order chi connectivity index (χ0) is 9.10. The molecule has 1 aromatic heterocycles. The van der Waals surface area contributed by atoms with Crippen molar-refractivity contribution >= 4 is 12.1 Å². The summed E-state index contributed by atoms with van der Waals surface area (Å²) in [7, 11) is 0. The Kier molecular flexibility index (Phi) is 1.97. The fourth-order valence-electron chi connectivity index (χ4n) is 1.36. The summed E-state index contributed by atoms with van der Waals surface area (Å²) in [5.74, 6) is 6.02. The van der Waals surface area contributed by atoms with Crippen LogP contribution in [0.25, 0.3) is 0 Å². The molecule has 0 aromatic carbocycles. The van der Waals surface area contributed by atoms with Crippen LogP contribution in [0.5, 0.6) is 0 Å². The van der Waals surface area contributed by atoms with Gasteiger partial charge in [-0.2, -0.15) is 0 Å². The number of aromatic nitrogens is 1. The lowest BCUT2D eigenvalue weighted by Gasteiger charge is -1.97. The molecule has 1 aliphatic heterocycles. The van der Waals surface area contributed by atoms with E-state index >= 15 is 0 Å². The topological polar surface area (TPSA) is 42.0 Å². The van der Waals surface area contributed by atoms with E-state index in [1.54, 1.807) is 6.20 Å². The van der Waals surface area contributed by atoms with Gasteiger partial charge in [-0.05, 0) is 24.0 Å². The van der Waals surface area contributed by atoms with Crippen LogP contribution < -0.4 is 5.32 Å². The third kappa shape index (κ3) is 1.52. The summed E-state index contributed by atoms with van der Waals surface area (Å²) in [6.45, 7) is 0.937. The maximum absolute atomic E-state index is 10.0. The summed E-state index contributed by atoms with van der Waals surface area (Å²) in [6.07, 6.45) is 3.25. The normalized spacial score (nSPS) is 12.3. The van der Waals surface area contributed by atoms with Crippen molar-refractivity contribution in [2.45, 2.75) is 6.42 Å². The number of anilines is 1. The van der Waals surface area contributed by atoms with E-state index in [1.807, 2.05) is 6.07 Å². The van der Waals surface area contributed by atoms with Gasteiger partial charge in [-0.1, -0.05) is 5.92 Å². The molecule has 0 saturated carbocycles. The van der Waals surface area contributed by atoms with E-state index in [1.165, 1.54) is 5.56 Å². The fourth-order valence-corrected chi connectivity index (χ4v) is 1.36. The number of carbonyl (C=O) groups excluding carboxylic acids is 1. The monoisotopic (exact) mass is 172 g/mol. The van der Waals surface area contributed by atoms with Gasteiger partial charge in [0.05, 0.1) is 0 Å². The molecule has 0 radical (unpaired) electrons. The van der Waals surface area contributed by atoms with Crippen molar-refractivity contribution in [3.8, 4) is 11.8 Å². The van der Waals surface area contributed by atoms with Crippen molar-refractivity contribution in [2.75, 3.05) is 11.9 Å². The van der Waals surface area contributed by atoms with Gasteiger partial charge < -0.3 is 5.32 Å². The Hall–Kier alpha value is -1.82. The molecule has 0 unspecified atom stereocenters. The van der Waals surface area contributed by atoms with Crippen molar-refractivity contribution in [2.24, 2.45) is 0 Å². The number of nitrogens with zero attached hydrogens (tertiary/aromatic N) is 1. The summed E-state index contributed by atoms with van der Waals surface area (Å²) in [5.41, 5.74) is 1.98. The van der Waals surface area contributed by atoms with Gasteiger partial charge in [0.25, 0.3) is 0 Å². The highest BCUT2D eigenvalue weighted by molar-refractivity contribution is 5.74. The van der Waals surface area contributed by atoms with Crippen molar-refractivity contribution in [1.82, 2.24) is 4.98 Å². The first-order valence-corrected chi connectivity index (χ1v) is 4.08. The molecule has 0 saturated heterocycles. The SMILES string of the molecule is O=CC#Cc1cnc2c(c1)CCN2. The second-order valence-electron chi connectivity index (χ2n) is 2.80. The number of rotatable bonds is 0. The molecule has 3 heteroatoms. The summed E-state index contributed by atoms with van der Waals surface area (Å²) >= 11 is 0. The van der Waals surface area contributed by atoms with Crippen molar-refractivity contribution < 1.29 is 4.79 Å². The zero-order valence-corrected chi connectivity index (χ0v) is 7.00. The summed E-state index contributed by atoms with van der Waals surface area (Å²) in [5, 5.41) is 3.15. The Bertz CT molecular complexity index is 401. The van der Waals surface area contributed by atoms with Crippen molar-refractivity contribution in [1.29, 1.82) is 0 Å². The van der Waals surface area contributed by atoms with Gasteiger partial charge in [0.1, 0.15) is 5.82 Å². The quantitative estimate of drug-likeness (QED) is 0.460. The third-order valence-electron chi connectivity index (χ3n) is 1.93. The van der Waals surface area contributed by atoms with E-state index in [9.17, 15) is 4.79 Å². The number of carbonyl (C=O) groups is 1. The molecular formula is C10H8N2O. The average molecular weight is 172 g/mol. The summed E-state index contributed by atoms with van der Waals surface area (Å²) in [6, 6.07) is 1.97. The number of hydrogen-bond acceptors (Lipinski definition) is 3. The molecule has 1 N–H and O–H groups in total. The Balaban J connectivity index is 2.36. The number of nitrogens with one attached hydrogen (secondary N) is 1. The van der Waals surface area contributed by atoms with Gasteiger partial charge in [-0.3, -0.25) is 4.79 Å². The molecule has 0 atom stereocenters. The smallest absolute Gasteiger partial charge is 0.193 e. The maximum Gasteiger partial charge on any atom is 0.193 e. The van der Waals surface area contributed by atoms with Crippen LogP contribution in [0.4, 0.5) is 5.82 Å². The van der Waals surface area contributed by atoms with Crippen LogP contribution in [0.15, 0.2) is 12.3 Å². The first kappa shape index (κ1) is 7.81. The van der Waals surface area contributed by atoms with Gasteiger partial charge in [-0.25, -0.2) is 4.98 Å². The molecule has 1 aromatic rings. The van der Waals surface area contributed by atoms with Crippen LogP contribution in [0.2, 0.25) is 0 Å². The molecule has 0 amide bonds. The largest absolute Gasteiger partial charge is 0.370 e. The first-order chi connectivity index (χ1) is 6.40. The van der Waals surface area contributed by atoms with Crippen molar-refractivity contribution in [3.05, 3.63) is 23.4 Å². The standard InChI is InChI=1S/C10H8N2O/c13-5-1-2-8-6-9-3-4-11-10(9)12-7-8/h5-7H,3-4H2,(H,11,12). The highest BCUT2D eigenvalue weighted by Gasteiger charge is 2.10. The number of fused-ring (bicyclic) bond motifs is 1. The molecule has 0 fully saturated rings. The predicted molar refractivity (Wildman–Crippen MR) is 49.4 cm³/mol. The van der Waals surface area contributed by atoms with Crippen LogP contribution in [-0.4, -0.2) is 17.8 Å². The lowest BCUT2D eigenvalue weighted by Crippen LogP contribution is -1.92. The van der Waals surface area contributed by atoms with E-state index in [2.05, 4.69) is 22.1 Å². The molecular weight excluding hydrogens is 164 g/mol. The predicted octanol–water partition coefficient (Wildman–Crippen LogP) is 0.600. The second-order valence-corrected chi connectivity index (χ2v) is 2.80. The van der Waals surface area contributed by atoms with E-state index < -0.39 is 0 Å². The third-order valence-corrected chi connectivity index (χ3v) is 1.93. The number of pyridine rings is 1. The molecule has 3 nitrogen and oxygen atoms in total. The fraction of sp³-hybridized carbons (Fsp3) is 0.200. The average Bonchev–Trinajstić information content (AvgIpc) is 2.61. The van der Waals surface area contributed by atoms with Crippen molar-refractivity contribution in [3.63, 3.8) is 0 Å². The molecule has 0 spiro atoms. The van der Waals surface area contributed by atoms with E-state index in [-0.39, 0.29) is 0 Å². The van der Waals surface area contributed by atoms with Crippen LogP contribution in [0.1, 0.15) is 11.1 Å². The number of aldehydes is 1. The van der Waals surface area contributed by atoms with Crippen LogP contribution >= 0.6 is 0 Å². The van der Waals surface area contributed by atoms with Gasteiger partial charge in [0.2, 0.25) is 0 Å². The Morgan fingerprint density at radius 1 is 1.62 bits per heavy atom. The summed E-state index contributed by atoms with van der Waals surface area (Å²) < 4.78 is 0. The van der Waals surface area contributed by atoms with Crippen LogP contribution in [-0.2, 0) is 11.2 Å². The maximum atomic E-state index is 10.0. The summed E-state index contributed by atoms with van der Waals surface area (Å²) in [4.78, 5) is 14.2. The van der Waals surface area contributed by atoms with Crippen LogP contribution in [0.3, 0.4) is 0 Å². The van der Waals surface area contributed by atoms with Crippen LogP contribution in [0, 0.1) is 11.8 Å². The van der Waals surface area contributed by atoms with Gasteiger partial charge >= 0.3 is 0 Å². The number of hydrogen-bond donors (Lipinski definition) is 1. The van der Waals surface area contributed by atoms with E-state index in [0.717, 1.165) is 24.3 Å².